The Labute approximate surface area is 343 Å². The molecule has 3 fully saturated rings. The summed E-state index contributed by atoms with van der Waals surface area (Å²) in [7, 11) is 0. The van der Waals surface area contributed by atoms with Gasteiger partial charge in [-0.05, 0) is 149 Å². The molecule has 0 spiro atoms. The molecule has 10 atom stereocenters. The minimum atomic E-state index is -0.164. The van der Waals surface area contributed by atoms with Crippen LogP contribution in [0.5, 0.6) is 0 Å². The minimum absolute atomic E-state index is 0.162. The van der Waals surface area contributed by atoms with E-state index in [1.54, 1.807) is 5.57 Å². The number of ether oxygens (including phenoxy) is 3. The van der Waals surface area contributed by atoms with Gasteiger partial charge in [-0.2, -0.15) is 0 Å². The molecule has 55 heavy (non-hydrogen) atoms. The maximum atomic E-state index is 6.85. The number of fused-ring (bicyclic) bond motifs is 5. The van der Waals surface area contributed by atoms with Crippen LogP contribution in [0.2, 0.25) is 0 Å². The van der Waals surface area contributed by atoms with Gasteiger partial charge in [-0.1, -0.05) is 156 Å². The first-order valence-corrected chi connectivity index (χ1v) is 24.6. The Morgan fingerprint density at radius 2 is 1.44 bits per heavy atom. The van der Waals surface area contributed by atoms with Gasteiger partial charge in [0.15, 0.2) is 12.6 Å². The van der Waals surface area contributed by atoms with E-state index in [1.165, 1.54) is 128 Å². The summed E-state index contributed by atoms with van der Waals surface area (Å²) in [5.74, 6) is 5.34. The van der Waals surface area contributed by atoms with Crippen molar-refractivity contribution in [2.75, 3.05) is 6.61 Å². The van der Waals surface area contributed by atoms with Gasteiger partial charge in [0, 0.05) is 6.61 Å². The van der Waals surface area contributed by atoms with Crippen molar-refractivity contribution in [2.45, 2.75) is 241 Å². The van der Waals surface area contributed by atoms with E-state index < -0.39 is 0 Å². The highest BCUT2D eigenvalue weighted by atomic mass is 16.8. The first-order valence-electron chi connectivity index (χ1n) is 24.6. The zero-order valence-corrected chi connectivity index (χ0v) is 37.9. The lowest BCUT2D eigenvalue weighted by molar-refractivity contribution is -0.263. The van der Waals surface area contributed by atoms with Crippen LogP contribution in [0, 0.1) is 46.3 Å². The molecule has 0 aromatic heterocycles. The first-order chi connectivity index (χ1) is 26.7. The van der Waals surface area contributed by atoms with E-state index in [0.29, 0.717) is 10.8 Å². The van der Waals surface area contributed by atoms with Gasteiger partial charge >= 0.3 is 0 Å². The lowest BCUT2D eigenvalue weighted by Gasteiger charge is -2.58. The molecular formula is C52H92O3. The van der Waals surface area contributed by atoms with Crippen molar-refractivity contribution in [3.05, 3.63) is 36.0 Å². The SMILES string of the molecule is CCCCC/C=C\C/C=C\CCCCCCCCOC(CC)OC(CCC)OC1CC[C@@]2(C)C(=CCC3C2CC[C@@]2(C)C3CC[C@@H]2[C@H](C)CCCC(C)C)C1. The molecule has 0 aromatic carbocycles. The minimum Gasteiger partial charge on any atom is -0.353 e. The molecule has 4 rings (SSSR count). The Bertz CT molecular complexity index is 1120. The zero-order valence-electron chi connectivity index (χ0n) is 37.9. The van der Waals surface area contributed by atoms with Crippen molar-refractivity contribution < 1.29 is 14.2 Å². The van der Waals surface area contributed by atoms with Gasteiger partial charge in [0.05, 0.1) is 6.10 Å². The zero-order chi connectivity index (χ0) is 39.5. The van der Waals surface area contributed by atoms with Gasteiger partial charge in [0.1, 0.15) is 0 Å². The Morgan fingerprint density at radius 1 is 0.709 bits per heavy atom. The van der Waals surface area contributed by atoms with E-state index in [1.807, 2.05) is 0 Å². The molecule has 4 aliphatic carbocycles. The van der Waals surface area contributed by atoms with E-state index in [-0.39, 0.29) is 18.7 Å². The van der Waals surface area contributed by atoms with Crippen LogP contribution in [0.1, 0.15) is 222 Å². The van der Waals surface area contributed by atoms with Crippen molar-refractivity contribution in [1.29, 1.82) is 0 Å². The molecule has 0 amide bonds. The summed E-state index contributed by atoms with van der Waals surface area (Å²) in [6.45, 7) is 20.3. The number of allylic oxidation sites excluding steroid dienone is 5. The standard InChI is InChI=1S/C52H92O3/c1-9-12-13-14-15-16-17-18-19-20-21-22-23-24-25-26-39-53-49(11-3)55-50(28-10-2)54-44-35-37-51(7)43(40-44)31-32-45-47-34-33-46(42(6)30-27-29-41(4)5)52(47,8)38-36-48(45)51/h15-16,18-19,31,41-42,44-50H,9-14,17,20-30,32-40H2,1-8H3/b16-15-,19-18-/t42-,44?,45?,46-,47?,48?,49?,50?,51+,52-/m1/s1. The Morgan fingerprint density at radius 3 is 2.15 bits per heavy atom. The highest BCUT2D eigenvalue weighted by molar-refractivity contribution is 5.25. The summed E-state index contributed by atoms with van der Waals surface area (Å²) in [6, 6.07) is 0. The second-order valence-corrected chi connectivity index (χ2v) is 19.9. The third-order valence-corrected chi connectivity index (χ3v) is 15.4. The van der Waals surface area contributed by atoms with Crippen LogP contribution in [0.25, 0.3) is 0 Å². The van der Waals surface area contributed by atoms with Crippen LogP contribution in [-0.2, 0) is 14.2 Å². The molecule has 0 aliphatic heterocycles. The first kappa shape index (κ1) is 46.8. The molecule has 4 aliphatic rings. The van der Waals surface area contributed by atoms with Crippen LogP contribution in [0.15, 0.2) is 36.0 Å². The molecule has 318 valence electrons. The monoisotopic (exact) mass is 765 g/mol. The van der Waals surface area contributed by atoms with Gasteiger partial charge in [-0.15, -0.1) is 0 Å². The van der Waals surface area contributed by atoms with E-state index in [2.05, 4.69) is 85.8 Å². The van der Waals surface area contributed by atoms with Crippen LogP contribution >= 0.6 is 0 Å². The molecule has 0 heterocycles. The molecule has 0 aromatic rings. The number of hydrogen-bond donors (Lipinski definition) is 0. The van der Waals surface area contributed by atoms with E-state index in [0.717, 1.165) is 80.6 Å². The van der Waals surface area contributed by atoms with Crippen molar-refractivity contribution in [3.8, 4) is 0 Å². The van der Waals surface area contributed by atoms with E-state index in [4.69, 9.17) is 14.2 Å². The summed E-state index contributed by atoms with van der Waals surface area (Å²) in [6.07, 6.45) is 45.2. The van der Waals surface area contributed by atoms with Gasteiger partial charge in [0.25, 0.3) is 0 Å². The van der Waals surface area contributed by atoms with Gasteiger partial charge in [0.2, 0.25) is 0 Å². The lowest BCUT2D eigenvalue weighted by Crippen LogP contribution is -2.51. The summed E-state index contributed by atoms with van der Waals surface area (Å²) in [4.78, 5) is 0. The average Bonchev–Trinajstić information content (AvgIpc) is 3.53. The second kappa shape index (κ2) is 24.9. The number of hydrogen-bond acceptors (Lipinski definition) is 3. The molecule has 3 heteroatoms. The van der Waals surface area contributed by atoms with E-state index in [9.17, 15) is 0 Å². The predicted molar refractivity (Wildman–Crippen MR) is 237 cm³/mol. The van der Waals surface area contributed by atoms with Crippen LogP contribution in [0.3, 0.4) is 0 Å². The molecule has 3 nitrogen and oxygen atoms in total. The Kier molecular flexibility index (Phi) is 21.2. The normalized spacial score (nSPS) is 31.1. The van der Waals surface area contributed by atoms with Crippen molar-refractivity contribution in [2.24, 2.45) is 46.3 Å². The molecule has 0 N–H and O–H groups in total. The molecule has 0 bridgehead atoms. The quantitative estimate of drug-likeness (QED) is 0.0451. The largest absolute Gasteiger partial charge is 0.353 e. The summed E-state index contributed by atoms with van der Waals surface area (Å²) in [5, 5.41) is 0. The molecule has 0 radical (unpaired) electrons. The topological polar surface area (TPSA) is 27.7 Å². The smallest absolute Gasteiger partial charge is 0.161 e. The highest BCUT2D eigenvalue weighted by Crippen LogP contribution is 2.67. The summed E-state index contributed by atoms with van der Waals surface area (Å²) >= 11 is 0. The van der Waals surface area contributed by atoms with E-state index >= 15 is 0 Å². The third kappa shape index (κ3) is 14.1. The van der Waals surface area contributed by atoms with Crippen molar-refractivity contribution >= 4 is 0 Å². The van der Waals surface area contributed by atoms with Crippen LogP contribution in [-0.4, -0.2) is 25.3 Å². The number of rotatable bonds is 28. The summed E-state index contributed by atoms with van der Waals surface area (Å²) in [5.41, 5.74) is 2.65. The van der Waals surface area contributed by atoms with Gasteiger partial charge in [-0.3, -0.25) is 0 Å². The van der Waals surface area contributed by atoms with Gasteiger partial charge in [-0.25, -0.2) is 0 Å². The fourth-order valence-corrected chi connectivity index (χ4v) is 12.1. The van der Waals surface area contributed by atoms with Gasteiger partial charge < -0.3 is 14.2 Å². The molecule has 0 saturated heterocycles. The molecule has 6 unspecified atom stereocenters. The second-order valence-electron chi connectivity index (χ2n) is 19.9. The molecule has 3 saturated carbocycles. The number of unbranched alkanes of at least 4 members (excludes halogenated alkanes) is 9. The average molecular weight is 765 g/mol. The lowest BCUT2D eigenvalue weighted by atomic mass is 9.47. The maximum Gasteiger partial charge on any atom is 0.161 e. The highest BCUT2D eigenvalue weighted by Gasteiger charge is 2.59. The van der Waals surface area contributed by atoms with Crippen molar-refractivity contribution in [3.63, 3.8) is 0 Å². The molecular weight excluding hydrogens is 673 g/mol. The van der Waals surface area contributed by atoms with Crippen LogP contribution < -0.4 is 0 Å². The van der Waals surface area contributed by atoms with Crippen molar-refractivity contribution in [1.82, 2.24) is 0 Å². The fourth-order valence-electron chi connectivity index (χ4n) is 12.1. The van der Waals surface area contributed by atoms with Crippen LogP contribution in [0.4, 0.5) is 0 Å². The predicted octanol–water partition coefficient (Wildman–Crippen LogP) is 16.1. The Balaban J connectivity index is 1.14. The fraction of sp³-hybridized carbons (Fsp3) is 0.885. The summed E-state index contributed by atoms with van der Waals surface area (Å²) < 4.78 is 19.7. The maximum absolute atomic E-state index is 6.85. The third-order valence-electron chi connectivity index (χ3n) is 15.4. The Hall–Kier alpha value is -0.900.